The molecule has 2 aromatic heterocycles. The van der Waals surface area contributed by atoms with E-state index in [-0.39, 0.29) is 0 Å². The maximum Gasteiger partial charge on any atom is 0.117 e. The molecule has 18 heavy (non-hydrogen) atoms. The third kappa shape index (κ3) is 2.37. The van der Waals surface area contributed by atoms with Gasteiger partial charge in [-0.05, 0) is 13.0 Å². The van der Waals surface area contributed by atoms with Gasteiger partial charge in [0, 0.05) is 16.5 Å². The molecule has 0 fully saturated rings. The summed E-state index contributed by atoms with van der Waals surface area (Å²) in [5.74, 6) is 0.853. The van der Waals surface area contributed by atoms with Crippen LogP contribution in [0, 0.1) is 6.92 Å². The summed E-state index contributed by atoms with van der Waals surface area (Å²) < 4.78 is 0. The summed E-state index contributed by atoms with van der Waals surface area (Å²) in [6, 6.07) is 8.08. The Morgan fingerprint density at radius 2 is 2.11 bits per heavy atom. The van der Waals surface area contributed by atoms with E-state index in [1.165, 1.54) is 0 Å². The Kier molecular flexibility index (Phi) is 3.25. The minimum atomic E-state index is 0.853. The monoisotopic (exact) mass is 273 g/mol. The van der Waals surface area contributed by atoms with Crippen LogP contribution >= 0.6 is 23.1 Å². The number of hydrogen-bond acceptors (Lipinski definition) is 5. The zero-order valence-corrected chi connectivity index (χ0v) is 11.5. The molecule has 3 nitrogen and oxygen atoms in total. The fourth-order valence-corrected chi connectivity index (χ4v) is 3.31. The van der Waals surface area contributed by atoms with Crippen molar-refractivity contribution in [3.63, 3.8) is 0 Å². The molecule has 3 aromatic rings. The number of aryl methyl sites for hydroxylation is 1. The number of nitrogens with zero attached hydrogens (tertiary/aromatic N) is 3. The zero-order chi connectivity index (χ0) is 12.4. The molecule has 0 atom stereocenters. The van der Waals surface area contributed by atoms with Crippen molar-refractivity contribution < 1.29 is 0 Å². The lowest BCUT2D eigenvalue weighted by Gasteiger charge is -2.02. The molecule has 0 spiro atoms. The van der Waals surface area contributed by atoms with Crippen LogP contribution < -0.4 is 0 Å². The molecule has 90 valence electrons. The smallest absolute Gasteiger partial charge is 0.117 e. The Hall–Kier alpha value is -1.46. The third-order valence-corrected chi connectivity index (χ3v) is 4.39. The van der Waals surface area contributed by atoms with Crippen LogP contribution in [0.1, 0.15) is 10.7 Å². The first-order valence-electron chi connectivity index (χ1n) is 5.56. The van der Waals surface area contributed by atoms with Gasteiger partial charge >= 0.3 is 0 Å². The molecule has 0 saturated carbocycles. The van der Waals surface area contributed by atoms with Crippen molar-refractivity contribution in [2.24, 2.45) is 0 Å². The third-order valence-electron chi connectivity index (χ3n) is 2.53. The minimum Gasteiger partial charge on any atom is -0.246 e. The molecule has 0 radical (unpaired) electrons. The molecule has 0 amide bonds. The van der Waals surface area contributed by atoms with Crippen molar-refractivity contribution in [1.29, 1.82) is 0 Å². The molecular formula is C13H11N3S2. The molecule has 0 bridgehead atoms. The van der Waals surface area contributed by atoms with E-state index in [2.05, 4.69) is 26.4 Å². The van der Waals surface area contributed by atoms with Crippen molar-refractivity contribution in [2.45, 2.75) is 17.7 Å². The van der Waals surface area contributed by atoms with E-state index < -0.39 is 0 Å². The lowest BCUT2D eigenvalue weighted by molar-refractivity contribution is 1.09. The molecule has 0 N–H and O–H groups in total. The van der Waals surface area contributed by atoms with Crippen LogP contribution in [0.2, 0.25) is 0 Å². The first-order chi connectivity index (χ1) is 8.83. The SMILES string of the molecule is Cc1nc(CSc2ncnc3ccccc23)cs1. The van der Waals surface area contributed by atoms with Gasteiger partial charge < -0.3 is 0 Å². The number of thioether (sulfide) groups is 1. The minimum absolute atomic E-state index is 0.853. The first kappa shape index (κ1) is 11.6. The zero-order valence-electron chi connectivity index (χ0n) is 9.83. The van der Waals surface area contributed by atoms with Crippen molar-refractivity contribution in [1.82, 2.24) is 15.0 Å². The van der Waals surface area contributed by atoms with Crippen LogP contribution in [0.3, 0.4) is 0 Å². The van der Waals surface area contributed by atoms with Gasteiger partial charge in [0.2, 0.25) is 0 Å². The van der Waals surface area contributed by atoms with Crippen molar-refractivity contribution >= 4 is 34.0 Å². The molecule has 3 rings (SSSR count). The molecule has 0 saturated heterocycles. The van der Waals surface area contributed by atoms with Gasteiger partial charge in [0.15, 0.2) is 0 Å². The van der Waals surface area contributed by atoms with Gasteiger partial charge in [-0.15, -0.1) is 11.3 Å². The molecule has 0 aliphatic heterocycles. The number of aromatic nitrogens is 3. The van der Waals surface area contributed by atoms with Gasteiger partial charge in [0.25, 0.3) is 0 Å². The van der Waals surface area contributed by atoms with Gasteiger partial charge in [-0.25, -0.2) is 15.0 Å². The maximum atomic E-state index is 4.46. The Morgan fingerprint density at radius 3 is 2.94 bits per heavy atom. The highest BCUT2D eigenvalue weighted by molar-refractivity contribution is 7.98. The fraction of sp³-hybridized carbons (Fsp3) is 0.154. The average Bonchev–Trinajstić information content (AvgIpc) is 2.82. The maximum absolute atomic E-state index is 4.46. The van der Waals surface area contributed by atoms with Gasteiger partial charge in [0.1, 0.15) is 11.4 Å². The Bertz CT molecular complexity index is 673. The summed E-state index contributed by atoms with van der Waals surface area (Å²) in [5, 5.41) is 5.34. The van der Waals surface area contributed by atoms with Gasteiger partial charge in [0.05, 0.1) is 16.2 Å². The van der Waals surface area contributed by atoms with Crippen molar-refractivity contribution in [2.75, 3.05) is 0 Å². The lowest BCUT2D eigenvalue weighted by Crippen LogP contribution is -1.88. The molecule has 0 aliphatic carbocycles. The van der Waals surface area contributed by atoms with E-state index in [0.29, 0.717) is 0 Å². The molecule has 2 heterocycles. The number of para-hydroxylation sites is 1. The van der Waals surface area contributed by atoms with Crippen molar-refractivity contribution in [3.8, 4) is 0 Å². The number of thiazole rings is 1. The standard InChI is InChI=1S/C13H11N3S2/c1-9-16-10(6-17-9)7-18-13-11-4-2-3-5-12(11)14-8-15-13/h2-6,8H,7H2,1H3. The molecule has 0 aliphatic rings. The topological polar surface area (TPSA) is 38.7 Å². The quantitative estimate of drug-likeness (QED) is 0.539. The normalized spacial score (nSPS) is 10.9. The van der Waals surface area contributed by atoms with Crippen molar-refractivity contribution in [3.05, 3.63) is 46.7 Å². The fourth-order valence-electron chi connectivity index (χ4n) is 1.71. The van der Waals surface area contributed by atoms with Crippen LogP contribution in [-0.4, -0.2) is 15.0 Å². The predicted octanol–water partition coefficient (Wildman–Crippen LogP) is 3.69. The highest BCUT2D eigenvalue weighted by Gasteiger charge is 2.05. The van der Waals surface area contributed by atoms with E-state index in [9.17, 15) is 0 Å². The summed E-state index contributed by atoms with van der Waals surface area (Å²) in [7, 11) is 0. The molecular weight excluding hydrogens is 262 g/mol. The summed E-state index contributed by atoms with van der Waals surface area (Å²) in [5.41, 5.74) is 2.11. The largest absolute Gasteiger partial charge is 0.246 e. The van der Waals surface area contributed by atoms with E-state index in [1.54, 1.807) is 29.4 Å². The Labute approximate surface area is 113 Å². The second kappa shape index (κ2) is 5.04. The summed E-state index contributed by atoms with van der Waals surface area (Å²) >= 11 is 3.40. The average molecular weight is 273 g/mol. The van der Waals surface area contributed by atoms with Gasteiger partial charge in [-0.3, -0.25) is 0 Å². The van der Waals surface area contributed by atoms with Crippen LogP contribution in [0.15, 0.2) is 41.0 Å². The summed E-state index contributed by atoms with van der Waals surface area (Å²) in [4.78, 5) is 13.1. The predicted molar refractivity (Wildman–Crippen MR) is 76.0 cm³/mol. The number of hydrogen-bond donors (Lipinski definition) is 0. The number of benzene rings is 1. The van der Waals surface area contributed by atoms with Gasteiger partial charge in [-0.1, -0.05) is 30.0 Å². The van der Waals surface area contributed by atoms with Crippen LogP contribution in [0.25, 0.3) is 10.9 Å². The first-order valence-corrected chi connectivity index (χ1v) is 7.43. The second-order valence-electron chi connectivity index (χ2n) is 3.84. The van der Waals surface area contributed by atoms with E-state index in [1.807, 2.05) is 25.1 Å². The van der Waals surface area contributed by atoms with Crippen LogP contribution in [0.4, 0.5) is 0 Å². The molecule has 1 aromatic carbocycles. The highest BCUT2D eigenvalue weighted by Crippen LogP contribution is 2.27. The number of fused-ring (bicyclic) bond motifs is 1. The molecule has 5 heteroatoms. The second-order valence-corrected chi connectivity index (χ2v) is 5.87. The highest BCUT2D eigenvalue weighted by atomic mass is 32.2. The van der Waals surface area contributed by atoms with E-state index in [4.69, 9.17) is 0 Å². The van der Waals surface area contributed by atoms with Crippen LogP contribution in [-0.2, 0) is 5.75 Å². The molecule has 0 unspecified atom stereocenters. The van der Waals surface area contributed by atoms with E-state index in [0.717, 1.165) is 32.4 Å². The Morgan fingerprint density at radius 1 is 1.22 bits per heavy atom. The van der Waals surface area contributed by atoms with E-state index >= 15 is 0 Å². The lowest BCUT2D eigenvalue weighted by atomic mass is 10.2. The van der Waals surface area contributed by atoms with Gasteiger partial charge in [-0.2, -0.15) is 0 Å². The number of rotatable bonds is 3. The summed E-state index contributed by atoms with van der Waals surface area (Å²) in [6.07, 6.45) is 1.62. The van der Waals surface area contributed by atoms with Crippen LogP contribution in [0.5, 0.6) is 0 Å². The summed E-state index contributed by atoms with van der Waals surface area (Å²) in [6.45, 7) is 2.03. The Balaban J connectivity index is 1.86.